The van der Waals surface area contributed by atoms with E-state index in [4.69, 9.17) is 23.1 Å². The molecule has 22 heavy (non-hydrogen) atoms. The van der Waals surface area contributed by atoms with E-state index < -0.39 is 21.3 Å². The molecule has 0 aliphatic carbocycles. The van der Waals surface area contributed by atoms with Crippen molar-refractivity contribution in [2.75, 3.05) is 6.54 Å². The Labute approximate surface area is 134 Å². The van der Waals surface area contributed by atoms with Crippen molar-refractivity contribution in [3.05, 3.63) is 29.8 Å². The molecule has 0 aliphatic heterocycles. The fourth-order valence-electron chi connectivity index (χ4n) is 1.70. The minimum atomic E-state index is -3.82. The zero-order valence-electron chi connectivity index (χ0n) is 12.1. The highest BCUT2D eigenvalue weighted by Gasteiger charge is 2.24. The number of halogens is 1. The van der Waals surface area contributed by atoms with Gasteiger partial charge in [0.05, 0.1) is 10.9 Å². The normalized spacial score (nSPS) is 12.6. The molecule has 1 atom stereocenters. The average Bonchev–Trinajstić information content (AvgIpc) is 2.42. The molecule has 0 radical (unpaired) electrons. The van der Waals surface area contributed by atoms with Crippen molar-refractivity contribution in [1.82, 2.24) is 4.72 Å². The van der Waals surface area contributed by atoms with Gasteiger partial charge in [0, 0.05) is 6.54 Å². The van der Waals surface area contributed by atoms with Gasteiger partial charge >= 0.3 is 0 Å². The van der Waals surface area contributed by atoms with Crippen molar-refractivity contribution in [1.29, 1.82) is 0 Å². The van der Waals surface area contributed by atoms with E-state index in [9.17, 15) is 13.2 Å². The maximum absolute atomic E-state index is 12.2. The van der Waals surface area contributed by atoms with Crippen molar-refractivity contribution >= 4 is 32.8 Å². The van der Waals surface area contributed by atoms with Gasteiger partial charge in [-0.1, -0.05) is 17.7 Å². The molecule has 0 aliphatic rings. The van der Waals surface area contributed by atoms with Crippen LogP contribution in [0.2, 0.25) is 0 Å². The molecular formula is C13H19ClN4O3S. The summed E-state index contributed by atoms with van der Waals surface area (Å²) in [5.41, 5.74) is 11.3. The molecule has 0 unspecified atom stereocenters. The van der Waals surface area contributed by atoms with Crippen LogP contribution in [0.1, 0.15) is 18.4 Å². The Morgan fingerprint density at radius 2 is 1.91 bits per heavy atom. The summed E-state index contributed by atoms with van der Waals surface area (Å²) in [6.07, 6.45) is 0.613. The third-order valence-corrected chi connectivity index (χ3v) is 4.60. The number of rotatable bonds is 8. The van der Waals surface area contributed by atoms with Crippen molar-refractivity contribution < 1.29 is 13.2 Å². The number of benzene rings is 1. The highest BCUT2D eigenvalue weighted by Crippen LogP contribution is 2.13. The molecule has 1 rings (SSSR count). The maximum atomic E-state index is 12.2. The molecule has 0 saturated heterocycles. The number of hydrogen-bond acceptors (Lipinski definition) is 4. The first-order chi connectivity index (χ1) is 10.2. The van der Waals surface area contributed by atoms with Gasteiger partial charge in [-0.05, 0) is 43.5 Å². The zero-order valence-corrected chi connectivity index (χ0v) is 13.7. The minimum absolute atomic E-state index is 0.0611. The summed E-state index contributed by atoms with van der Waals surface area (Å²) in [7, 11) is -3.82. The lowest BCUT2D eigenvalue weighted by Crippen LogP contribution is -2.39. The predicted octanol–water partition coefficient (Wildman–Crippen LogP) is 0.461. The van der Waals surface area contributed by atoms with E-state index >= 15 is 0 Å². The number of hydrogen-bond donors (Lipinski definition) is 3. The Balaban J connectivity index is 2.75. The van der Waals surface area contributed by atoms with E-state index in [1.807, 2.05) is 6.92 Å². The lowest BCUT2D eigenvalue weighted by Gasteiger charge is -2.14. The number of carbonyl (C=O) groups is 1. The molecule has 9 heteroatoms. The molecule has 122 valence electrons. The first kappa shape index (κ1) is 18.4. The summed E-state index contributed by atoms with van der Waals surface area (Å²) in [4.78, 5) is 15.2. The van der Waals surface area contributed by atoms with Crippen molar-refractivity contribution in [3.63, 3.8) is 0 Å². The molecule has 0 amide bonds. The van der Waals surface area contributed by atoms with Crippen LogP contribution in [0.5, 0.6) is 0 Å². The summed E-state index contributed by atoms with van der Waals surface area (Å²) in [6.45, 7) is 2.13. The Morgan fingerprint density at radius 1 is 1.32 bits per heavy atom. The van der Waals surface area contributed by atoms with Crippen LogP contribution < -0.4 is 16.2 Å². The van der Waals surface area contributed by atoms with Gasteiger partial charge in [-0.2, -0.15) is 4.72 Å². The summed E-state index contributed by atoms with van der Waals surface area (Å²) < 4.78 is 26.7. The summed E-state index contributed by atoms with van der Waals surface area (Å²) in [6, 6.07) is 5.25. The molecule has 0 spiro atoms. The van der Waals surface area contributed by atoms with E-state index in [0.29, 0.717) is 6.42 Å². The Hall–Kier alpha value is -1.64. The van der Waals surface area contributed by atoms with Crippen LogP contribution >= 0.6 is 11.6 Å². The Kier molecular flexibility index (Phi) is 6.79. The molecule has 1 aromatic carbocycles. The van der Waals surface area contributed by atoms with Crippen LogP contribution in [0.3, 0.4) is 0 Å². The number of nitrogens with zero attached hydrogens (tertiary/aromatic N) is 1. The quantitative estimate of drug-likeness (QED) is 0.273. The zero-order chi connectivity index (χ0) is 16.8. The molecule has 5 N–H and O–H groups in total. The first-order valence-electron chi connectivity index (χ1n) is 6.56. The maximum Gasteiger partial charge on any atom is 0.241 e. The van der Waals surface area contributed by atoms with Crippen molar-refractivity contribution in [2.24, 2.45) is 16.5 Å². The van der Waals surface area contributed by atoms with E-state index in [-0.39, 0.29) is 23.8 Å². The molecule has 0 saturated carbocycles. The third kappa shape index (κ3) is 6.00. The third-order valence-electron chi connectivity index (χ3n) is 2.85. The number of guanidine groups is 1. The van der Waals surface area contributed by atoms with Gasteiger partial charge in [0.2, 0.25) is 15.3 Å². The van der Waals surface area contributed by atoms with Crippen molar-refractivity contribution in [3.8, 4) is 0 Å². The number of sulfonamides is 1. The van der Waals surface area contributed by atoms with Crippen LogP contribution in [0.4, 0.5) is 0 Å². The average molecular weight is 347 g/mol. The molecule has 0 bridgehead atoms. The molecular weight excluding hydrogens is 328 g/mol. The fourth-order valence-corrected chi connectivity index (χ4v) is 3.15. The van der Waals surface area contributed by atoms with E-state index in [2.05, 4.69) is 9.71 Å². The Bertz CT molecular complexity index is 640. The number of nitrogens with two attached hydrogens (primary N) is 2. The van der Waals surface area contributed by atoms with Crippen LogP contribution in [0.25, 0.3) is 0 Å². The number of aryl methyl sites for hydroxylation is 1. The van der Waals surface area contributed by atoms with Gasteiger partial charge in [0.25, 0.3) is 0 Å². The van der Waals surface area contributed by atoms with E-state index in [1.54, 1.807) is 12.1 Å². The highest BCUT2D eigenvalue weighted by molar-refractivity contribution is 7.89. The lowest BCUT2D eigenvalue weighted by atomic mass is 10.2. The smallest absolute Gasteiger partial charge is 0.241 e. The second-order valence-electron chi connectivity index (χ2n) is 4.74. The van der Waals surface area contributed by atoms with Crippen LogP contribution in [0, 0.1) is 6.92 Å². The monoisotopic (exact) mass is 346 g/mol. The van der Waals surface area contributed by atoms with E-state index in [1.165, 1.54) is 12.1 Å². The van der Waals surface area contributed by atoms with Gasteiger partial charge in [-0.25, -0.2) is 8.42 Å². The Morgan fingerprint density at radius 3 is 2.41 bits per heavy atom. The van der Waals surface area contributed by atoms with Crippen LogP contribution in [-0.4, -0.2) is 32.2 Å². The lowest BCUT2D eigenvalue weighted by molar-refractivity contribution is -0.113. The molecule has 7 nitrogen and oxygen atoms in total. The summed E-state index contributed by atoms with van der Waals surface area (Å²) >= 11 is 5.45. The first-order valence-corrected chi connectivity index (χ1v) is 8.42. The van der Waals surface area contributed by atoms with Gasteiger partial charge in [-0.15, -0.1) is 0 Å². The van der Waals surface area contributed by atoms with Gasteiger partial charge < -0.3 is 11.5 Å². The SMILES string of the molecule is Cc1ccc(S(=O)(=O)N[C@@H](CCCN=C(N)N)C(=O)Cl)cc1. The summed E-state index contributed by atoms with van der Waals surface area (Å²) in [5, 5.41) is -0.777. The van der Waals surface area contributed by atoms with E-state index in [0.717, 1.165) is 5.56 Å². The number of aliphatic imine (C=N–C) groups is 1. The number of nitrogens with one attached hydrogen (secondary N) is 1. The molecule has 1 aromatic rings. The fraction of sp³-hybridized carbons (Fsp3) is 0.385. The highest BCUT2D eigenvalue weighted by atomic mass is 35.5. The predicted molar refractivity (Wildman–Crippen MR) is 86.1 cm³/mol. The van der Waals surface area contributed by atoms with Crippen LogP contribution in [-0.2, 0) is 14.8 Å². The minimum Gasteiger partial charge on any atom is -0.370 e. The van der Waals surface area contributed by atoms with Gasteiger partial charge in [-0.3, -0.25) is 9.79 Å². The molecule has 0 heterocycles. The second kappa shape index (κ2) is 8.11. The molecule has 0 aromatic heterocycles. The van der Waals surface area contributed by atoms with Gasteiger partial charge in [0.15, 0.2) is 5.96 Å². The number of carbonyl (C=O) groups excluding carboxylic acids is 1. The standard InChI is InChI=1S/C13H19ClN4O3S/c1-9-4-6-10(7-5-9)22(20,21)18-11(12(14)19)3-2-8-17-13(15)16/h4-7,11,18H,2-3,8H2,1H3,(H4,15,16,17)/t11-/m0/s1. The van der Waals surface area contributed by atoms with Crippen molar-refractivity contribution in [2.45, 2.75) is 30.7 Å². The molecule has 0 fully saturated rings. The van der Waals surface area contributed by atoms with Crippen LogP contribution in [0.15, 0.2) is 34.2 Å². The summed E-state index contributed by atoms with van der Waals surface area (Å²) in [5.74, 6) is -0.0611. The topological polar surface area (TPSA) is 128 Å². The van der Waals surface area contributed by atoms with Gasteiger partial charge in [0.1, 0.15) is 0 Å². The largest absolute Gasteiger partial charge is 0.370 e. The second-order valence-corrected chi connectivity index (χ2v) is 6.83.